The molecule has 3 aromatic rings. The molecule has 1 aliphatic heterocycles. The molecule has 0 N–H and O–H groups in total. The van der Waals surface area contributed by atoms with Crippen LogP contribution in [0.2, 0.25) is 5.15 Å². The molecular weight excluding hydrogens is 356 g/mol. The number of nitrogens with zero attached hydrogens (tertiary/aromatic N) is 4. The summed E-state index contributed by atoms with van der Waals surface area (Å²) in [6.45, 7) is 4.97. The van der Waals surface area contributed by atoms with E-state index in [4.69, 9.17) is 11.6 Å². The Morgan fingerprint density at radius 2 is 1.44 bits per heavy atom. The zero-order chi connectivity index (χ0) is 18.6. The van der Waals surface area contributed by atoms with Crippen molar-refractivity contribution in [2.75, 3.05) is 26.2 Å². The zero-order valence-electron chi connectivity index (χ0n) is 15.6. The molecule has 1 aliphatic rings. The third-order valence-electron chi connectivity index (χ3n) is 5.40. The van der Waals surface area contributed by atoms with E-state index in [0.717, 1.165) is 38.5 Å². The van der Waals surface area contributed by atoms with Crippen LogP contribution in [0.1, 0.15) is 23.0 Å². The quantitative estimate of drug-likeness (QED) is 0.669. The highest BCUT2D eigenvalue weighted by molar-refractivity contribution is 6.29. The van der Waals surface area contributed by atoms with Crippen LogP contribution in [0.25, 0.3) is 0 Å². The average Bonchev–Trinajstić information content (AvgIpc) is 3.03. The summed E-state index contributed by atoms with van der Waals surface area (Å²) in [5.41, 5.74) is 2.71. The molecule has 1 fully saturated rings. The predicted octanol–water partition coefficient (Wildman–Crippen LogP) is 3.98. The third-order valence-corrected chi connectivity index (χ3v) is 5.75. The SMILES string of the molecule is Cn1c(Cl)cnc1CN1CCN(C(c2ccccc2)c2ccccc2)CC1. The first-order valence-electron chi connectivity index (χ1n) is 9.45. The summed E-state index contributed by atoms with van der Waals surface area (Å²) < 4.78 is 1.96. The van der Waals surface area contributed by atoms with Crippen LogP contribution in [-0.4, -0.2) is 45.5 Å². The van der Waals surface area contributed by atoms with Gasteiger partial charge in [-0.1, -0.05) is 72.3 Å². The van der Waals surface area contributed by atoms with Crippen molar-refractivity contribution < 1.29 is 0 Å². The van der Waals surface area contributed by atoms with E-state index in [9.17, 15) is 0 Å². The number of aromatic nitrogens is 2. The summed E-state index contributed by atoms with van der Waals surface area (Å²) >= 11 is 6.12. The number of rotatable bonds is 5. The van der Waals surface area contributed by atoms with Gasteiger partial charge in [0, 0.05) is 33.2 Å². The van der Waals surface area contributed by atoms with Crippen LogP contribution in [0.15, 0.2) is 66.9 Å². The maximum atomic E-state index is 6.12. The smallest absolute Gasteiger partial charge is 0.128 e. The molecule has 1 saturated heterocycles. The van der Waals surface area contributed by atoms with Crippen LogP contribution >= 0.6 is 11.6 Å². The van der Waals surface area contributed by atoms with Gasteiger partial charge in [-0.2, -0.15) is 0 Å². The van der Waals surface area contributed by atoms with Crippen molar-refractivity contribution >= 4 is 11.6 Å². The minimum atomic E-state index is 0.303. The van der Waals surface area contributed by atoms with E-state index in [1.165, 1.54) is 11.1 Å². The van der Waals surface area contributed by atoms with Crippen LogP contribution in [0.3, 0.4) is 0 Å². The van der Waals surface area contributed by atoms with Crippen molar-refractivity contribution in [2.45, 2.75) is 12.6 Å². The lowest BCUT2D eigenvalue weighted by Gasteiger charge is -2.39. The normalized spacial score (nSPS) is 16.1. The van der Waals surface area contributed by atoms with Crippen LogP contribution < -0.4 is 0 Å². The highest BCUT2D eigenvalue weighted by atomic mass is 35.5. The Morgan fingerprint density at radius 3 is 1.93 bits per heavy atom. The van der Waals surface area contributed by atoms with Gasteiger partial charge in [0.05, 0.1) is 18.8 Å². The van der Waals surface area contributed by atoms with E-state index in [1.807, 2.05) is 11.6 Å². The Balaban J connectivity index is 1.48. The van der Waals surface area contributed by atoms with Crippen LogP contribution in [0.4, 0.5) is 0 Å². The van der Waals surface area contributed by atoms with Crippen molar-refractivity contribution in [1.29, 1.82) is 0 Å². The van der Waals surface area contributed by atoms with Gasteiger partial charge >= 0.3 is 0 Å². The van der Waals surface area contributed by atoms with E-state index < -0.39 is 0 Å². The molecule has 0 spiro atoms. The standard InChI is InChI=1S/C22H25ClN4/c1-25-20(23)16-24-21(25)17-26-12-14-27(15-13-26)22(18-8-4-2-5-9-18)19-10-6-3-7-11-19/h2-11,16,22H,12-15,17H2,1H3. The fraction of sp³-hybridized carbons (Fsp3) is 0.318. The second kappa shape index (κ2) is 8.26. The Kier molecular flexibility index (Phi) is 5.58. The Labute approximate surface area is 166 Å². The van der Waals surface area contributed by atoms with Crippen LogP contribution in [-0.2, 0) is 13.6 Å². The maximum Gasteiger partial charge on any atom is 0.128 e. The first-order valence-corrected chi connectivity index (χ1v) is 9.82. The molecule has 1 aromatic heterocycles. The van der Waals surface area contributed by atoms with Crippen LogP contribution in [0, 0.1) is 0 Å². The molecule has 5 heteroatoms. The lowest BCUT2D eigenvalue weighted by Crippen LogP contribution is -2.47. The monoisotopic (exact) mass is 380 g/mol. The van der Waals surface area contributed by atoms with Crippen molar-refractivity contribution in [3.63, 3.8) is 0 Å². The number of imidazole rings is 1. The van der Waals surface area contributed by atoms with Gasteiger partial charge in [0.25, 0.3) is 0 Å². The summed E-state index contributed by atoms with van der Waals surface area (Å²) in [4.78, 5) is 9.48. The highest BCUT2D eigenvalue weighted by Gasteiger charge is 2.26. The largest absolute Gasteiger partial charge is 0.321 e. The van der Waals surface area contributed by atoms with Gasteiger partial charge in [0.2, 0.25) is 0 Å². The van der Waals surface area contributed by atoms with Crippen molar-refractivity contribution in [3.8, 4) is 0 Å². The minimum absolute atomic E-state index is 0.303. The first kappa shape index (κ1) is 18.2. The van der Waals surface area contributed by atoms with E-state index in [2.05, 4.69) is 75.4 Å². The molecular formula is C22H25ClN4. The molecule has 0 bridgehead atoms. The van der Waals surface area contributed by atoms with Crippen molar-refractivity contribution in [1.82, 2.24) is 19.4 Å². The van der Waals surface area contributed by atoms with Gasteiger partial charge in [-0.25, -0.2) is 4.98 Å². The van der Waals surface area contributed by atoms with Gasteiger partial charge in [0.1, 0.15) is 11.0 Å². The Morgan fingerprint density at radius 1 is 0.889 bits per heavy atom. The molecule has 27 heavy (non-hydrogen) atoms. The highest BCUT2D eigenvalue weighted by Crippen LogP contribution is 2.29. The average molecular weight is 381 g/mol. The number of halogens is 1. The van der Waals surface area contributed by atoms with E-state index in [0.29, 0.717) is 11.2 Å². The minimum Gasteiger partial charge on any atom is -0.321 e. The molecule has 0 unspecified atom stereocenters. The molecule has 0 atom stereocenters. The van der Waals surface area contributed by atoms with E-state index in [-0.39, 0.29) is 0 Å². The Bertz CT molecular complexity index is 815. The van der Waals surface area contributed by atoms with E-state index in [1.54, 1.807) is 6.20 Å². The second-order valence-corrected chi connectivity index (χ2v) is 7.48. The van der Waals surface area contributed by atoms with E-state index >= 15 is 0 Å². The number of hydrogen-bond acceptors (Lipinski definition) is 3. The molecule has 140 valence electrons. The molecule has 4 nitrogen and oxygen atoms in total. The summed E-state index contributed by atoms with van der Waals surface area (Å²) in [5.74, 6) is 1.02. The summed E-state index contributed by atoms with van der Waals surface area (Å²) in [6.07, 6.45) is 1.73. The molecule has 0 saturated carbocycles. The van der Waals surface area contributed by atoms with Gasteiger partial charge in [-0.05, 0) is 11.1 Å². The molecule has 2 aromatic carbocycles. The maximum absolute atomic E-state index is 6.12. The molecule has 0 radical (unpaired) electrons. The van der Waals surface area contributed by atoms with Gasteiger partial charge in [-0.3, -0.25) is 9.80 Å². The van der Waals surface area contributed by atoms with Gasteiger partial charge in [0.15, 0.2) is 0 Å². The topological polar surface area (TPSA) is 24.3 Å². The molecule has 0 aliphatic carbocycles. The van der Waals surface area contributed by atoms with Crippen LogP contribution in [0.5, 0.6) is 0 Å². The predicted molar refractivity (Wildman–Crippen MR) is 110 cm³/mol. The molecule has 2 heterocycles. The second-order valence-electron chi connectivity index (χ2n) is 7.09. The Hall–Kier alpha value is -2.14. The lowest BCUT2D eigenvalue weighted by molar-refractivity contribution is 0.102. The molecule has 4 rings (SSSR count). The van der Waals surface area contributed by atoms with Gasteiger partial charge in [-0.15, -0.1) is 0 Å². The fourth-order valence-corrected chi connectivity index (χ4v) is 3.98. The molecule has 0 amide bonds. The first-order chi connectivity index (χ1) is 13.2. The zero-order valence-corrected chi connectivity index (χ0v) is 16.4. The van der Waals surface area contributed by atoms with Crippen molar-refractivity contribution in [2.24, 2.45) is 7.05 Å². The van der Waals surface area contributed by atoms with Crippen molar-refractivity contribution in [3.05, 3.63) is 89.0 Å². The summed E-state index contributed by atoms with van der Waals surface area (Å²) in [6, 6.07) is 21.9. The number of hydrogen-bond donors (Lipinski definition) is 0. The lowest BCUT2D eigenvalue weighted by atomic mass is 9.96. The summed E-state index contributed by atoms with van der Waals surface area (Å²) in [5, 5.41) is 0.692. The summed E-state index contributed by atoms with van der Waals surface area (Å²) in [7, 11) is 1.97. The number of piperazine rings is 1. The third kappa shape index (κ3) is 4.08. The number of benzene rings is 2. The van der Waals surface area contributed by atoms with Gasteiger partial charge < -0.3 is 4.57 Å². The fourth-order valence-electron chi connectivity index (χ4n) is 3.84.